The first-order valence-corrected chi connectivity index (χ1v) is 5.28. The molecule has 0 saturated carbocycles. The highest BCUT2D eigenvalue weighted by atomic mass is 28.3. The summed E-state index contributed by atoms with van der Waals surface area (Å²) in [5.41, 5.74) is -0.305. The first kappa shape index (κ1) is 11.1. The van der Waals surface area contributed by atoms with Crippen LogP contribution in [-0.4, -0.2) is 26.0 Å². The molecule has 0 aromatic rings. The Morgan fingerprint density at radius 3 is 2.00 bits per heavy atom. The van der Waals surface area contributed by atoms with Crippen molar-refractivity contribution in [1.29, 1.82) is 0 Å². The van der Waals surface area contributed by atoms with Crippen molar-refractivity contribution in [3.05, 3.63) is 0 Å². The lowest BCUT2D eigenvalue weighted by molar-refractivity contribution is 0.0296. The van der Waals surface area contributed by atoms with E-state index in [4.69, 9.17) is 8.85 Å². The van der Waals surface area contributed by atoms with Crippen molar-refractivity contribution < 1.29 is 13.6 Å². The van der Waals surface area contributed by atoms with E-state index in [9.17, 15) is 4.80 Å². The molecule has 0 aromatic heterocycles. The second-order valence-electron chi connectivity index (χ2n) is 3.72. The fourth-order valence-electron chi connectivity index (χ4n) is 0.563. The maximum absolute atomic E-state index is 9.25. The molecule has 0 radical (unpaired) electrons. The fourth-order valence-corrected chi connectivity index (χ4v) is 1.69. The molecule has 0 aliphatic rings. The molecule has 0 aromatic carbocycles. The second-order valence-corrected chi connectivity index (χ2v) is 4.84. The zero-order valence-electron chi connectivity index (χ0n) is 7.92. The normalized spacial score (nSPS) is 15.5. The zero-order chi connectivity index (χ0) is 9.07. The summed E-state index contributed by atoms with van der Waals surface area (Å²) in [6.45, 7) is 9.44. The van der Waals surface area contributed by atoms with E-state index in [1.807, 2.05) is 34.6 Å². The van der Waals surface area contributed by atoms with Gasteiger partial charge in [-0.05, 0) is 34.6 Å². The van der Waals surface area contributed by atoms with Crippen LogP contribution in [0.4, 0.5) is 0 Å². The molecule has 0 aliphatic carbocycles. The minimum atomic E-state index is -2.39. The molecule has 1 N–H and O–H groups in total. The Labute approximate surface area is 70.3 Å². The van der Waals surface area contributed by atoms with Crippen LogP contribution in [0.5, 0.6) is 0 Å². The van der Waals surface area contributed by atoms with Crippen molar-refractivity contribution >= 4 is 9.53 Å². The summed E-state index contributed by atoms with van der Waals surface area (Å²) in [5, 5.41) is 0. The molecule has 0 saturated heterocycles. The molecule has 0 bridgehead atoms. The Morgan fingerprint density at radius 1 is 1.27 bits per heavy atom. The summed E-state index contributed by atoms with van der Waals surface area (Å²) in [4.78, 5) is 9.25. The molecule has 0 aliphatic heterocycles. The van der Waals surface area contributed by atoms with Crippen molar-refractivity contribution in [2.45, 2.75) is 46.3 Å². The summed E-state index contributed by atoms with van der Waals surface area (Å²) >= 11 is 0. The zero-order valence-corrected chi connectivity index (χ0v) is 9.07. The van der Waals surface area contributed by atoms with Gasteiger partial charge in [-0.1, -0.05) is 0 Å². The molecular formula is C7H18O3Si. The number of hydrogen-bond acceptors (Lipinski definition) is 3. The highest BCUT2D eigenvalue weighted by Gasteiger charge is 2.20. The van der Waals surface area contributed by atoms with E-state index in [1.54, 1.807) is 0 Å². The van der Waals surface area contributed by atoms with Gasteiger partial charge in [0.25, 0.3) is 0 Å². The van der Waals surface area contributed by atoms with Gasteiger partial charge in [0.05, 0.1) is 5.60 Å². The summed E-state index contributed by atoms with van der Waals surface area (Å²) in [7, 11) is -2.39. The molecule has 1 atom stereocenters. The fraction of sp³-hybridized carbons (Fsp3) is 1.00. The first-order valence-electron chi connectivity index (χ1n) is 3.82. The summed E-state index contributed by atoms with van der Waals surface area (Å²) < 4.78 is 10.3. The smallest absolute Gasteiger partial charge is 0.392 e. The van der Waals surface area contributed by atoms with Gasteiger partial charge in [-0.25, -0.2) is 0 Å². The van der Waals surface area contributed by atoms with Crippen LogP contribution in [0, 0.1) is 0 Å². The van der Waals surface area contributed by atoms with E-state index in [0.29, 0.717) is 0 Å². The Hall–Kier alpha value is 0.0969. The monoisotopic (exact) mass is 178 g/mol. The Kier molecular flexibility index (Phi) is 4.24. The molecule has 68 valence electrons. The third-order valence-corrected chi connectivity index (χ3v) is 2.53. The predicted molar refractivity (Wildman–Crippen MR) is 46.4 cm³/mol. The van der Waals surface area contributed by atoms with Gasteiger partial charge in [0.1, 0.15) is 0 Å². The molecule has 0 amide bonds. The average Bonchev–Trinajstić information content (AvgIpc) is 1.53. The van der Waals surface area contributed by atoms with Gasteiger partial charge in [0.15, 0.2) is 0 Å². The second kappa shape index (κ2) is 4.20. The van der Waals surface area contributed by atoms with E-state index < -0.39 is 9.53 Å². The van der Waals surface area contributed by atoms with E-state index >= 15 is 0 Å². The van der Waals surface area contributed by atoms with Crippen molar-refractivity contribution in [2.75, 3.05) is 0 Å². The van der Waals surface area contributed by atoms with E-state index in [0.717, 1.165) is 0 Å². The summed E-state index contributed by atoms with van der Waals surface area (Å²) in [6.07, 6.45) is 0.0408. The summed E-state index contributed by atoms with van der Waals surface area (Å²) in [6, 6.07) is 0. The van der Waals surface area contributed by atoms with Gasteiger partial charge in [-0.2, -0.15) is 0 Å². The lowest BCUT2D eigenvalue weighted by Crippen LogP contribution is -2.34. The standard InChI is InChI=1S/C7H18O3Si/c1-6(2)9-11(8)10-7(3,4)5/h6,8,11H,1-5H3. The van der Waals surface area contributed by atoms with Gasteiger partial charge < -0.3 is 13.6 Å². The third kappa shape index (κ3) is 8.00. The van der Waals surface area contributed by atoms with Crippen LogP contribution in [0.1, 0.15) is 34.6 Å². The van der Waals surface area contributed by atoms with E-state index in [-0.39, 0.29) is 11.7 Å². The molecule has 11 heavy (non-hydrogen) atoms. The average molecular weight is 178 g/mol. The van der Waals surface area contributed by atoms with Gasteiger partial charge in [-0.15, -0.1) is 0 Å². The van der Waals surface area contributed by atoms with Crippen LogP contribution in [0.2, 0.25) is 0 Å². The minimum absolute atomic E-state index is 0.0408. The quantitative estimate of drug-likeness (QED) is 0.654. The molecule has 4 heteroatoms. The molecular weight excluding hydrogens is 160 g/mol. The molecule has 0 rings (SSSR count). The van der Waals surface area contributed by atoms with Gasteiger partial charge in [0, 0.05) is 6.10 Å². The van der Waals surface area contributed by atoms with Crippen LogP contribution in [0.25, 0.3) is 0 Å². The SMILES string of the molecule is CC(C)O[SiH](O)OC(C)(C)C. The third-order valence-electron chi connectivity index (χ3n) is 0.843. The number of hydrogen-bond donors (Lipinski definition) is 1. The lowest BCUT2D eigenvalue weighted by Gasteiger charge is -2.23. The van der Waals surface area contributed by atoms with Crippen LogP contribution in [0.3, 0.4) is 0 Å². The Bertz CT molecular complexity index is 109. The Balaban J connectivity index is 3.61. The van der Waals surface area contributed by atoms with Crippen molar-refractivity contribution in [3.63, 3.8) is 0 Å². The van der Waals surface area contributed by atoms with Gasteiger partial charge in [0.2, 0.25) is 0 Å². The maximum Gasteiger partial charge on any atom is 0.482 e. The highest BCUT2D eigenvalue weighted by molar-refractivity contribution is 6.34. The van der Waals surface area contributed by atoms with Crippen molar-refractivity contribution in [2.24, 2.45) is 0 Å². The Morgan fingerprint density at radius 2 is 1.73 bits per heavy atom. The number of rotatable bonds is 3. The highest BCUT2D eigenvalue weighted by Crippen LogP contribution is 2.08. The van der Waals surface area contributed by atoms with Gasteiger partial charge >= 0.3 is 9.53 Å². The van der Waals surface area contributed by atoms with Crippen LogP contribution >= 0.6 is 0 Å². The van der Waals surface area contributed by atoms with Crippen LogP contribution in [-0.2, 0) is 8.85 Å². The van der Waals surface area contributed by atoms with E-state index in [1.165, 1.54) is 0 Å². The van der Waals surface area contributed by atoms with Crippen LogP contribution in [0.15, 0.2) is 0 Å². The minimum Gasteiger partial charge on any atom is -0.392 e. The molecule has 0 heterocycles. The lowest BCUT2D eigenvalue weighted by atomic mass is 10.2. The first-order chi connectivity index (χ1) is 4.81. The van der Waals surface area contributed by atoms with Crippen molar-refractivity contribution in [3.8, 4) is 0 Å². The largest absolute Gasteiger partial charge is 0.482 e. The molecule has 3 nitrogen and oxygen atoms in total. The maximum atomic E-state index is 9.25. The summed E-state index contributed by atoms with van der Waals surface area (Å²) in [5.74, 6) is 0. The molecule has 1 unspecified atom stereocenters. The molecule has 0 spiro atoms. The predicted octanol–water partition coefficient (Wildman–Crippen LogP) is 0.936. The van der Waals surface area contributed by atoms with Crippen molar-refractivity contribution in [1.82, 2.24) is 0 Å². The molecule has 0 fully saturated rings. The van der Waals surface area contributed by atoms with Crippen LogP contribution < -0.4 is 0 Å². The topological polar surface area (TPSA) is 38.7 Å². The van der Waals surface area contributed by atoms with E-state index in [2.05, 4.69) is 0 Å². The van der Waals surface area contributed by atoms with Gasteiger partial charge in [-0.3, -0.25) is 0 Å².